The fourth-order valence-electron chi connectivity index (χ4n) is 1.88. The molecule has 0 bridgehead atoms. The van der Waals surface area contributed by atoms with Gasteiger partial charge in [0.2, 0.25) is 0 Å². The van der Waals surface area contributed by atoms with Crippen LogP contribution < -0.4 is 0 Å². The van der Waals surface area contributed by atoms with Crippen molar-refractivity contribution in [2.45, 2.75) is 19.0 Å². The lowest BCUT2D eigenvalue weighted by Gasteiger charge is -2.09. The van der Waals surface area contributed by atoms with Gasteiger partial charge in [-0.2, -0.15) is 18.3 Å². The van der Waals surface area contributed by atoms with Crippen LogP contribution in [-0.4, -0.2) is 9.78 Å². The average Bonchev–Trinajstić information content (AvgIpc) is 2.66. The standard InChI is InChI=1S/C13H12F3IN2/c1-19-12(11(17)8-18-19)6-5-9-3-2-4-10(7-9)13(14,15)16/h2-4,7-8H,5-6H2,1H3. The lowest BCUT2D eigenvalue weighted by molar-refractivity contribution is -0.137. The van der Waals surface area contributed by atoms with E-state index in [4.69, 9.17) is 0 Å². The molecule has 0 unspecified atom stereocenters. The number of halogens is 4. The number of nitrogens with zero attached hydrogens (tertiary/aromatic N) is 2. The molecule has 2 rings (SSSR count). The van der Waals surface area contributed by atoms with Crippen LogP contribution >= 0.6 is 22.6 Å². The molecule has 0 atom stereocenters. The van der Waals surface area contributed by atoms with Gasteiger partial charge >= 0.3 is 6.18 Å². The summed E-state index contributed by atoms with van der Waals surface area (Å²) in [6.07, 6.45) is -1.28. The second-order valence-corrected chi connectivity index (χ2v) is 5.42. The van der Waals surface area contributed by atoms with Crippen molar-refractivity contribution in [3.8, 4) is 0 Å². The van der Waals surface area contributed by atoms with Gasteiger partial charge in [0.1, 0.15) is 0 Å². The lowest BCUT2D eigenvalue weighted by Crippen LogP contribution is -2.06. The Balaban J connectivity index is 2.12. The SMILES string of the molecule is Cn1ncc(I)c1CCc1cccc(C(F)(F)F)c1. The van der Waals surface area contributed by atoms with Crippen molar-refractivity contribution < 1.29 is 13.2 Å². The molecule has 0 radical (unpaired) electrons. The van der Waals surface area contributed by atoms with Gasteiger partial charge < -0.3 is 0 Å². The first-order valence-electron chi connectivity index (χ1n) is 5.70. The summed E-state index contributed by atoms with van der Waals surface area (Å²) in [4.78, 5) is 0. The molecular formula is C13H12F3IN2. The molecular weight excluding hydrogens is 368 g/mol. The third kappa shape index (κ3) is 3.49. The van der Waals surface area contributed by atoms with Crippen LogP contribution in [0.1, 0.15) is 16.8 Å². The summed E-state index contributed by atoms with van der Waals surface area (Å²) in [7, 11) is 1.84. The highest BCUT2D eigenvalue weighted by molar-refractivity contribution is 14.1. The second-order valence-electron chi connectivity index (χ2n) is 4.26. The molecule has 0 fully saturated rings. The van der Waals surface area contributed by atoms with Crippen LogP contribution in [0.15, 0.2) is 30.5 Å². The van der Waals surface area contributed by atoms with Crippen LogP contribution in [0.4, 0.5) is 13.2 Å². The third-order valence-electron chi connectivity index (χ3n) is 2.92. The normalized spacial score (nSPS) is 11.8. The number of hydrogen-bond donors (Lipinski definition) is 0. The third-order valence-corrected chi connectivity index (χ3v) is 3.82. The smallest absolute Gasteiger partial charge is 0.272 e. The van der Waals surface area contributed by atoms with Crippen LogP contribution in [0.3, 0.4) is 0 Å². The monoisotopic (exact) mass is 380 g/mol. The van der Waals surface area contributed by atoms with Crippen molar-refractivity contribution in [1.82, 2.24) is 9.78 Å². The molecule has 0 saturated heterocycles. The summed E-state index contributed by atoms with van der Waals surface area (Å²) in [5, 5.41) is 4.11. The number of aromatic nitrogens is 2. The molecule has 1 aromatic carbocycles. The van der Waals surface area contributed by atoms with E-state index in [-0.39, 0.29) is 0 Å². The maximum atomic E-state index is 12.6. The Kier molecular flexibility index (Phi) is 4.17. The van der Waals surface area contributed by atoms with E-state index < -0.39 is 11.7 Å². The zero-order chi connectivity index (χ0) is 14.0. The Bertz CT molecular complexity index is 556. The van der Waals surface area contributed by atoms with E-state index in [1.165, 1.54) is 12.1 Å². The van der Waals surface area contributed by atoms with Gasteiger partial charge in [-0.25, -0.2) is 0 Å². The van der Waals surface area contributed by atoms with Gasteiger partial charge in [0.25, 0.3) is 0 Å². The molecule has 19 heavy (non-hydrogen) atoms. The Morgan fingerprint density at radius 1 is 1.26 bits per heavy atom. The van der Waals surface area contributed by atoms with Crippen molar-refractivity contribution in [1.29, 1.82) is 0 Å². The highest BCUT2D eigenvalue weighted by atomic mass is 127. The summed E-state index contributed by atoms with van der Waals surface area (Å²) in [5.74, 6) is 0. The van der Waals surface area contributed by atoms with Crippen LogP contribution in [0.25, 0.3) is 0 Å². The Morgan fingerprint density at radius 3 is 2.58 bits per heavy atom. The van der Waals surface area contributed by atoms with E-state index in [0.717, 1.165) is 15.3 Å². The Hall–Kier alpha value is -1.05. The van der Waals surface area contributed by atoms with E-state index in [1.807, 2.05) is 7.05 Å². The van der Waals surface area contributed by atoms with Crippen molar-refractivity contribution in [3.63, 3.8) is 0 Å². The van der Waals surface area contributed by atoms with Crippen molar-refractivity contribution in [2.24, 2.45) is 7.05 Å². The molecule has 1 heterocycles. The number of alkyl halides is 3. The van der Waals surface area contributed by atoms with E-state index in [0.29, 0.717) is 18.4 Å². The number of benzene rings is 1. The van der Waals surface area contributed by atoms with Crippen molar-refractivity contribution >= 4 is 22.6 Å². The second kappa shape index (κ2) is 5.52. The van der Waals surface area contributed by atoms with E-state index in [2.05, 4.69) is 27.7 Å². The zero-order valence-electron chi connectivity index (χ0n) is 10.2. The molecule has 0 amide bonds. The van der Waals surface area contributed by atoms with Crippen LogP contribution in [-0.2, 0) is 26.1 Å². The van der Waals surface area contributed by atoms with Crippen LogP contribution in [0, 0.1) is 3.57 Å². The minimum Gasteiger partial charge on any atom is -0.272 e. The first-order valence-corrected chi connectivity index (χ1v) is 6.78. The number of rotatable bonds is 3. The summed E-state index contributed by atoms with van der Waals surface area (Å²) >= 11 is 2.18. The highest BCUT2D eigenvalue weighted by Crippen LogP contribution is 2.29. The van der Waals surface area contributed by atoms with Crippen LogP contribution in [0.5, 0.6) is 0 Å². The molecule has 102 valence electrons. The molecule has 0 aliphatic rings. The van der Waals surface area contributed by atoms with E-state index in [1.54, 1.807) is 16.9 Å². The number of aryl methyl sites for hydroxylation is 2. The minimum atomic E-state index is -4.28. The molecule has 0 aliphatic heterocycles. The molecule has 1 aromatic heterocycles. The fraction of sp³-hybridized carbons (Fsp3) is 0.308. The molecule has 0 N–H and O–H groups in total. The summed E-state index contributed by atoms with van der Waals surface area (Å²) in [6.45, 7) is 0. The van der Waals surface area contributed by atoms with Crippen molar-refractivity contribution in [2.75, 3.05) is 0 Å². The maximum absolute atomic E-state index is 12.6. The van der Waals surface area contributed by atoms with Gasteiger partial charge in [-0.3, -0.25) is 4.68 Å². The Morgan fingerprint density at radius 2 is 2.00 bits per heavy atom. The van der Waals surface area contributed by atoms with E-state index in [9.17, 15) is 13.2 Å². The largest absolute Gasteiger partial charge is 0.416 e. The average molecular weight is 380 g/mol. The predicted octanol–water partition coefficient (Wildman–Crippen LogP) is 3.83. The van der Waals surface area contributed by atoms with Gasteiger partial charge in [0, 0.05) is 7.05 Å². The van der Waals surface area contributed by atoms with Gasteiger partial charge in [-0.1, -0.05) is 18.2 Å². The van der Waals surface area contributed by atoms with Crippen molar-refractivity contribution in [3.05, 3.63) is 50.9 Å². The van der Waals surface area contributed by atoms with Gasteiger partial charge in [0.05, 0.1) is 21.0 Å². The molecule has 6 heteroatoms. The topological polar surface area (TPSA) is 17.8 Å². The maximum Gasteiger partial charge on any atom is 0.416 e. The number of hydrogen-bond acceptors (Lipinski definition) is 1. The molecule has 2 aromatic rings. The van der Waals surface area contributed by atoms with E-state index >= 15 is 0 Å². The highest BCUT2D eigenvalue weighted by Gasteiger charge is 2.30. The summed E-state index contributed by atoms with van der Waals surface area (Å²) in [6, 6.07) is 5.48. The summed E-state index contributed by atoms with van der Waals surface area (Å²) < 4.78 is 40.6. The zero-order valence-corrected chi connectivity index (χ0v) is 12.4. The quantitative estimate of drug-likeness (QED) is 0.741. The predicted molar refractivity (Wildman–Crippen MR) is 74.8 cm³/mol. The Labute approximate surface area is 122 Å². The molecule has 2 nitrogen and oxygen atoms in total. The molecule has 0 spiro atoms. The lowest BCUT2D eigenvalue weighted by atomic mass is 10.1. The van der Waals surface area contributed by atoms with Crippen LogP contribution in [0.2, 0.25) is 0 Å². The first-order chi connectivity index (χ1) is 8.88. The molecule has 0 saturated carbocycles. The van der Waals surface area contributed by atoms with Gasteiger partial charge in [-0.15, -0.1) is 0 Å². The molecule has 0 aliphatic carbocycles. The fourth-order valence-corrected chi connectivity index (χ4v) is 2.63. The van der Waals surface area contributed by atoms with Gasteiger partial charge in [-0.05, 0) is 47.1 Å². The first kappa shape index (κ1) is 14.4. The summed E-state index contributed by atoms with van der Waals surface area (Å²) in [5.41, 5.74) is 1.13. The minimum absolute atomic E-state index is 0.569. The van der Waals surface area contributed by atoms with Gasteiger partial charge in [0.15, 0.2) is 0 Å².